The van der Waals surface area contributed by atoms with Crippen LogP contribution in [-0.4, -0.2) is 358 Å². The van der Waals surface area contributed by atoms with Crippen LogP contribution in [0.5, 0.6) is 0 Å². The van der Waals surface area contributed by atoms with Gasteiger partial charge in [0.25, 0.3) is 0 Å². The Morgan fingerprint density at radius 1 is 0.168 bits per heavy atom. The Labute approximate surface area is 992 Å². The number of rotatable bonds is 78. The second kappa shape index (κ2) is 108. The molecule has 0 N–H and O–H groups in total. The van der Waals surface area contributed by atoms with Gasteiger partial charge >= 0.3 is 113 Å². The molecule has 149 heavy (non-hydrogen) atoms. The highest BCUT2D eigenvalue weighted by molar-refractivity contribution is 7.84. The summed E-state index contributed by atoms with van der Waals surface area (Å²) in [5.41, 5.74) is -4.60. The predicted octanol–water partition coefficient (Wildman–Crippen LogP) is 10.9. The summed E-state index contributed by atoms with van der Waals surface area (Å²) >= 11 is 83.2. The number of carbonyl (C=O) groups excluding carboxylic acids is 19. The Kier molecular flexibility index (Phi) is 115. The lowest BCUT2D eigenvalue weighted by Gasteiger charge is -2.32. The highest BCUT2D eigenvalue weighted by atomic mass is 32.1. The van der Waals surface area contributed by atoms with Gasteiger partial charge in [-0.25, -0.2) is 0 Å². The van der Waals surface area contributed by atoms with Crippen LogP contribution in [0.1, 0.15) is 176 Å². The zero-order valence-corrected chi connectivity index (χ0v) is 104. The van der Waals surface area contributed by atoms with E-state index in [1.54, 1.807) is 27.7 Å². The summed E-state index contributed by atoms with van der Waals surface area (Å²) in [5.74, 6) is -4.37. The van der Waals surface area contributed by atoms with Crippen molar-refractivity contribution in [2.45, 2.75) is 197 Å². The molecule has 0 amide bonds. The highest BCUT2D eigenvalue weighted by Crippen LogP contribution is 2.29. The van der Waals surface area contributed by atoms with Gasteiger partial charge in [-0.2, -0.15) is 265 Å². The average molecular weight is 2520 g/mol. The average Bonchev–Trinajstić information content (AvgIpc) is 0.857. The van der Waals surface area contributed by atoms with E-state index in [1.165, 1.54) is 25.7 Å². The van der Waals surface area contributed by atoms with Crippen molar-refractivity contribution in [1.82, 2.24) is 0 Å². The highest BCUT2D eigenvalue weighted by Gasteiger charge is 2.42. The summed E-state index contributed by atoms with van der Waals surface area (Å²) in [7, 11) is 0. The van der Waals surface area contributed by atoms with Crippen molar-refractivity contribution in [2.75, 3.05) is 223 Å². The fourth-order valence-corrected chi connectivity index (χ4v) is 12.6. The van der Waals surface area contributed by atoms with Crippen LogP contribution in [-0.2, 0) is 181 Å². The van der Waals surface area contributed by atoms with Gasteiger partial charge in [-0.3, -0.25) is 91.1 Å². The molecular formula is C90H156O38S21. The molecule has 0 aliphatic heterocycles. The van der Waals surface area contributed by atoms with Gasteiger partial charge < -0.3 is 90.0 Å². The van der Waals surface area contributed by atoms with E-state index >= 15 is 0 Å². The zero-order chi connectivity index (χ0) is 115. The van der Waals surface area contributed by atoms with Gasteiger partial charge in [0.05, 0.1) is 150 Å². The van der Waals surface area contributed by atoms with E-state index in [1.807, 2.05) is 6.92 Å². The van der Waals surface area contributed by atoms with E-state index in [0.29, 0.717) is 100 Å². The molecule has 0 aliphatic rings. The molecule has 0 saturated heterocycles. The molecule has 0 aliphatic carbocycles. The summed E-state index contributed by atoms with van der Waals surface area (Å²) in [6.45, 7) is 6.58. The van der Waals surface area contributed by atoms with Crippen molar-refractivity contribution in [3.63, 3.8) is 0 Å². The Morgan fingerprint density at radius 3 is 0.430 bits per heavy atom. The van der Waals surface area contributed by atoms with Crippen LogP contribution in [0.25, 0.3) is 0 Å². The molecular weight excluding hydrogens is 2360 g/mol. The first-order valence-corrected chi connectivity index (χ1v) is 59.5. The van der Waals surface area contributed by atoms with Gasteiger partial charge in [0.1, 0.15) is 115 Å². The van der Waals surface area contributed by atoms with Gasteiger partial charge in [0.2, 0.25) is 0 Å². The van der Waals surface area contributed by atoms with Crippen LogP contribution >= 0.6 is 265 Å². The molecule has 38 nitrogen and oxygen atoms in total. The predicted molar refractivity (Wildman–Crippen MR) is 634 cm³/mol. The number of ether oxygens (including phenoxy) is 19. The van der Waals surface area contributed by atoms with E-state index in [4.69, 9.17) is 90.0 Å². The van der Waals surface area contributed by atoms with Crippen molar-refractivity contribution in [2.24, 2.45) is 21.7 Å². The second-order valence-electron chi connectivity index (χ2n) is 31.8. The third kappa shape index (κ3) is 105. The summed E-state index contributed by atoms with van der Waals surface area (Å²) in [5, 5.41) is -0.922. The molecule has 0 rings (SSSR count). The van der Waals surface area contributed by atoms with Crippen LogP contribution in [0.3, 0.4) is 0 Å². The van der Waals surface area contributed by atoms with E-state index in [0.717, 1.165) is 11.5 Å². The third-order valence-electron chi connectivity index (χ3n) is 17.5. The lowest BCUT2D eigenvalue weighted by atomic mass is 9.88. The van der Waals surface area contributed by atoms with Crippen LogP contribution < -0.4 is 0 Å². The number of unbranched alkanes of at least 4 members (excludes halogenated alkanes) is 5. The number of hydrogen-bond acceptors (Lipinski definition) is 59. The van der Waals surface area contributed by atoms with E-state index in [-0.39, 0.29) is 272 Å². The summed E-state index contributed by atoms with van der Waals surface area (Å²) in [4.78, 5) is 219. The van der Waals surface area contributed by atoms with Crippen LogP contribution in [0, 0.1) is 21.7 Å². The monoisotopic (exact) mass is 2520 g/mol. The topological polar surface area (TPSA) is 500 Å². The molecule has 59 heteroatoms. The van der Waals surface area contributed by atoms with Crippen molar-refractivity contribution in [1.29, 1.82) is 0 Å². The van der Waals surface area contributed by atoms with Crippen LogP contribution in [0.4, 0.5) is 0 Å². The largest absolute Gasteiger partial charge is 0.466 e. The zero-order valence-electron chi connectivity index (χ0n) is 84.7. The van der Waals surface area contributed by atoms with Crippen molar-refractivity contribution in [3.8, 4) is 0 Å². The lowest BCUT2D eigenvalue weighted by Crippen LogP contribution is -2.44. The number of esters is 19. The molecule has 0 fully saturated rings. The molecule has 4 atom stereocenters. The maximum Gasteiger partial charge on any atom is 0.315 e. The number of thiol groups is 21. The van der Waals surface area contributed by atoms with Gasteiger partial charge in [-0.15, -0.1) is 0 Å². The molecule has 0 aromatic heterocycles. The standard InChI is InChI=1S/C21H36O8S4.C17H28O8S4.C15H26O6S3.C13H20O8S4.C10H18O4S2.C8H14O4S2.C6H14S2/c1-13(30)5-17(22)26-9-21(10-27-18(23)6-14(2)31,11-28-19(24)7-15(3)32)12-29-20(25)8-16(4)33;18-13(1-5-26)22-9-17(10-23-14(19)2-6-27,11-24-15(20)3-7-28)12-25-16(21)4-8-29;1-2-15(9-19-12(16)3-6-22,10-20-13(17)4-7-23)11-21-14(18)5-8-24;14-9(1-22)18-5-13(6-19-10(15)2-23,7-20-11(16)3-24)8-21-12(17)4-25;11-9(3-7-15)13-5-1-2-6-14-10(12)4-8-16;9-7(5-13)11-3-1-2-4-12-8(10)6-14;7-5-3-1-2-4-6-8/h13-16,30-33H,5-12H2,1-4H3;26-29H,1-12H2;22-24H,2-11H2,1H3;22-25H,1-8H2;15-16H,1-8H2;13-14H,1-6H2;7-8H,1-6H2. The smallest absolute Gasteiger partial charge is 0.315 e. The second-order valence-corrected chi connectivity index (χ2v) is 42.2. The van der Waals surface area contributed by atoms with Crippen molar-refractivity contribution < 1.29 is 181 Å². The van der Waals surface area contributed by atoms with Crippen molar-refractivity contribution in [3.05, 3.63) is 0 Å². The first kappa shape index (κ1) is 159. The van der Waals surface area contributed by atoms with Gasteiger partial charge in [-0.05, 0) is 56.5 Å². The number of carbonyl (C=O) groups is 19. The molecule has 0 spiro atoms. The molecule has 0 aromatic carbocycles. The Morgan fingerprint density at radius 2 is 0.295 bits per heavy atom. The summed E-state index contributed by atoms with van der Waals surface area (Å²) in [6.07, 6.45) is 10.1. The Balaban J connectivity index is -0.000000325. The molecule has 0 heterocycles. The fraction of sp³-hybridized carbons (Fsp3) is 0.789. The van der Waals surface area contributed by atoms with E-state index in [2.05, 4.69) is 265 Å². The minimum atomic E-state index is -1.30. The Hall–Kier alpha value is -2.72. The Bertz CT molecular complexity index is 3270. The molecule has 0 bridgehead atoms. The maximum absolute atomic E-state index is 12.1. The first-order chi connectivity index (χ1) is 70.6. The minimum absolute atomic E-state index is 0.00157. The van der Waals surface area contributed by atoms with Crippen LogP contribution in [0.15, 0.2) is 0 Å². The van der Waals surface area contributed by atoms with Gasteiger partial charge in [0.15, 0.2) is 0 Å². The van der Waals surface area contributed by atoms with E-state index < -0.39 is 111 Å². The molecule has 0 aromatic rings. The maximum atomic E-state index is 12.1. The van der Waals surface area contributed by atoms with E-state index in [9.17, 15) is 91.1 Å². The third-order valence-corrected chi connectivity index (χ3v) is 22.4. The molecule has 0 saturated carbocycles. The molecule has 0 radical (unpaired) electrons. The number of hydrogen-bond donors (Lipinski definition) is 21. The summed E-state index contributed by atoms with van der Waals surface area (Å²) < 4.78 is 97.3. The minimum Gasteiger partial charge on any atom is -0.466 e. The molecule has 4 unspecified atom stereocenters. The fourth-order valence-electron chi connectivity index (χ4n) is 9.36. The van der Waals surface area contributed by atoms with Gasteiger partial charge in [0, 0.05) is 72.8 Å². The SMILES string of the molecule is CC(S)CC(=O)OCC(COC(=O)CC(C)S)(COC(=O)CC(C)S)COC(=O)CC(C)S.CCC(COC(=O)CCS)(COC(=O)CCS)COC(=O)CCS.O=C(CCS)OCC(COC(=O)CCS)(COC(=O)CCS)COC(=O)CCS.O=C(CCS)OCCCCOC(=O)CCS.O=C(CS)OCC(COC(=O)CS)(COC(=O)CS)COC(=O)CS.O=C(CS)OCCCCOC(=O)CS.SCCCCCCS. The quantitative estimate of drug-likeness (QED) is 0.0116. The van der Waals surface area contributed by atoms with Crippen molar-refractivity contribution >= 4 is 379 Å². The molecule has 870 valence electrons. The summed E-state index contributed by atoms with van der Waals surface area (Å²) in [6, 6.07) is 0. The first-order valence-electron chi connectivity index (χ1n) is 46.7. The van der Waals surface area contributed by atoms with Crippen LogP contribution in [0.2, 0.25) is 0 Å². The normalized spacial score (nSPS) is 11.8. The van der Waals surface area contributed by atoms with Gasteiger partial charge in [-0.1, -0.05) is 47.5 Å². The lowest BCUT2D eigenvalue weighted by molar-refractivity contribution is -0.173.